The zero-order chi connectivity index (χ0) is 11.5. The van der Waals surface area contributed by atoms with Crippen LogP contribution in [0, 0.1) is 5.82 Å². The van der Waals surface area contributed by atoms with Crippen molar-refractivity contribution in [3.05, 3.63) is 69.9 Å². The summed E-state index contributed by atoms with van der Waals surface area (Å²) >= 11 is 9.39. The third-order valence-electron chi connectivity index (χ3n) is 2.33. The topological polar surface area (TPSA) is 0 Å². The number of rotatable bonds is 2. The molecule has 0 saturated heterocycles. The van der Waals surface area contributed by atoms with Gasteiger partial charge in [0.15, 0.2) is 0 Å². The van der Waals surface area contributed by atoms with Gasteiger partial charge in [0, 0.05) is 0 Å². The second kappa shape index (κ2) is 4.98. The fourth-order valence-corrected chi connectivity index (χ4v) is 2.01. The van der Waals surface area contributed by atoms with E-state index in [2.05, 4.69) is 15.9 Å². The Bertz CT molecular complexity index is 485. The van der Waals surface area contributed by atoms with Crippen molar-refractivity contribution in [2.45, 2.75) is 5.38 Å². The smallest absolute Gasteiger partial charge is 0.137 e. The monoisotopic (exact) mass is 298 g/mol. The predicted molar refractivity (Wildman–Crippen MR) is 68.2 cm³/mol. The second-order valence-electron chi connectivity index (χ2n) is 3.45. The van der Waals surface area contributed by atoms with Crippen LogP contribution < -0.4 is 0 Å². The minimum Gasteiger partial charge on any atom is -0.206 e. The molecule has 0 saturated carbocycles. The molecule has 3 heteroatoms. The van der Waals surface area contributed by atoms with E-state index >= 15 is 0 Å². The molecule has 0 bridgehead atoms. The summed E-state index contributed by atoms with van der Waals surface area (Å²) in [6.07, 6.45) is 0. The Hall–Kier alpha value is -0.860. The molecule has 0 fully saturated rings. The lowest BCUT2D eigenvalue weighted by Gasteiger charge is -2.10. The minimum atomic E-state index is -0.316. The van der Waals surface area contributed by atoms with E-state index in [1.807, 2.05) is 36.4 Å². The van der Waals surface area contributed by atoms with E-state index in [-0.39, 0.29) is 11.2 Å². The van der Waals surface area contributed by atoms with Crippen LogP contribution in [0.15, 0.2) is 53.0 Å². The van der Waals surface area contributed by atoms with Crippen molar-refractivity contribution in [3.63, 3.8) is 0 Å². The Labute approximate surface area is 107 Å². The lowest BCUT2D eigenvalue weighted by Crippen LogP contribution is -1.94. The molecule has 2 aromatic carbocycles. The minimum absolute atomic E-state index is 0.293. The fourth-order valence-electron chi connectivity index (χ4n) is 1.48. The first-order valence-corrected chi connectivity index (χ1v) is 6.05. The highest BCUT2D eigenvalue weighted by molar-refractivity contribution is 9.10. The van der Waals surface area contributed by atoms with Gasteiger partial charge in [0.1, 0.15) is 5.82 Å². The molecule has 82 valence electrons. The average molecular weight is 300 g/mol. The van der Waals surface area contributed by atoms with Gasteiger partial charge in [-0.3, -0.25) is 0 Å². The van der Waals surface area contributed by atoms with E-state index in [4.69, 9.17) is 11.6 Å². The van der Waals surface area contributed by atoms with Crippen LogP contribution in [0.3, 0.4) is 0 Å². The molecule has 0 N–H and O–H groups in total. The first-order chi connectivity index (χ1) is 7.68. The summed E-state index contributed by atoms with van der Waals surface area (Å²) in [6, 6.07) is 14.6. The van der Waals surface area contributed by atoms with Crippen molar-refractivity contribution >= 4 is 27.5 Å². The van der Waals surface area contributed by atoms with Crippen molar-refractivity contribution in [3.8, 4) is 0 Å². The highest BCUT2D eigenvalue weighted by atomic mass is 79.9. The van der Waals surface area contributed by atoms with Crippen LogP contribution in [0.25, 0.3) is 0 Å². The number of hydrogen-bond donors (Lipinski definition) is 0. The Kier molecular flexibility index (Phi) is 3.62. The van der Waals surface area contributed by atoms with Crippen molar-refractivity contribution < 1.29 is 4.39 Å². The maximum Gasteiger partial charge on any atom is 0.137 e. The molecular formula is C13H9BrClF. The standard InChI is InChI=1S/C13H9BrClF/c14-11-7-6-10(8-12(11)16)13(15)9-4-2-1-3-5-9/h1-8,13H. The van der Waals surface area contributed by atoms with E-state index in [1.54, 1.807) is 6.07 Å². The van der Waals surface area contributed by atoms with Crippen molar-refractivity contribution in [2.24, 2.45) is 0 Å². The van der Waals surface area contributed by atoms with E-state index in [0.29, 0.717) is 4.47 Å². The maximum atomic E-state index is 13.3. The summed E-state index contributed by atoms with van der Waals surface area (Å²) in [7, 11) is 0. The van der Waals surface area contributed by atoms with Crippen LogP contribution in [0.2, 0.25) is 0 Å². The third-order valence-corrected chi connectivity index (χ3v) is 3.48. The van der Waals surface area contributed by atoms with Gasteiger partial charge in [-0.05, 0) is 39.2 Å². The lowest BCUT2D eigenvalue weighted by molar-refractivity contribution is 0.619. The van der Waals surface area contributed by atoms with Crippen LogP contribution >= 0.6 is 27.5 Å². The lowest BCUT2D eigenvalue weighted by atomic mass is 10.0. The Balaban J connectivity index is 2.34. The highest BCUT2D eigenvalue weighted by Gasteiger charge is 2.11. The number of halogens is 3. The molecule has 2 aromatic rings. The van der Waals surface area contributed by atoms with Gasteiger partial charge in [-0.1, -0.05) is 36.4 Å². The van der Waals surface area contributed by atoms with Crippen LogP contribution in [0.1, 0.15) is 16.5 Å². The Morgan fingerprint density at radius 3 is 2.31 bits per heavy atom. The molecule has 1 atom stereocenters. The van der Waals surface area contributed by atoms with Gasteiger partial charge in [-0.15, -0.1) is 11.6 Å². The molecule has 0 spiro atoms. The first kappa shape index (κ1) is 11.6. The van der Waals surface area contributed by atoms with Crippen molar-refractivity contribution in [1.82, 2.24) is 0 Å². The number of alkyl halides is 1. The molecule has 0 aliphatic carbocycles. The van der Waals surface area contributed by atoms with Gasteiger partial charge in [0.25, 0.3) is 0 Å². The molecule has 2 rings (SSSR count). The molecule has 0 nitrogen and oxygen atoms in total. The molecular weight excluding hydrogens is 290 g/mol. The van der Waals surface area contributed by atoms with Gasteiger partial charge < -0.3 is 0 Å². The molecule has 1 unspecified atom stereocenters. The van der Waals surface area contributed by atoms with Crippen LogP contribution in [-0.2, 0) is 0 Å². The van der Waals surface area contributed by atoms with Gasteiger partial charge in [0.2, 0.25) is 0 Å². The third kappa shape index (κ3) is 2.45. The summed E-state index contributed by atoms with van der Waals surface area (Å²) in [5.74, 6) is -0.293. The highest BCUT2D eigenvalue weighted by Crippen LogP contribution is 2.30. The SMILES string of the molecule is Fc1cc(C(Cl)c2ccccc2)ccc1Br. The van der Waals surface area contributed by atoms with Crippen molar-refractivity contribution in [1.29, 1.82) is 0 Å². The molecule has 0 aliphatic rings. The molecule has 0 aromatic heterocycles. The normalized spacial score (nSPS) is 12.4. The van der Waals surface area contributed by atoms with Gasteiger partial charge in [0.05, 0.1) is 9.85 Å². The van der Waals surface area contributed by atoms with E-state index in [0.717, 1.165) is 11.1 Å². The maximum absolute atomic E-state index is 13.3. The van der Waals surface area contributed by atoms with E-state index in [9.17, 15) is 4.39 Å². The van der Waals surface area contributed by atoms with Gasteiger partial charge in [-0.2, -0.15) is 0 Å². The van der Waals surface area contributed by atoms with Crippen LogP contribution in [-0.4, -0.2) is 0 Å². The summed E-state index contributed by atoms with van der Waals surface area (Å²) in [5, 5.41) is -0.316. The quantitative estimate of drug-likeness (QED) is 0.691. The predicted octanol–water partition coefficient (Wildman–Crippen LogP) is 4.92. The average Bonchev–Trinajstić information content (AvgIpc) is 2.33. The first-order valence-electron chi connectivity index (χ1n) is 4.82. The van der Waals surface area contributed by atoms with Crippen LogP contribution in [0.5, 0.6) is 0 Å². The zero-order valence-corrected chi connectivity index (χ0v) is 10.7. The van der Waals surface area contributed by atoms with E-state index < -0.39 is 0 Å². The molecule has 0 aliphatic heterocycles. The Morgan fingerprint density at radius 1 is 1.00 bits per heavy atom. The fraction of sp³-hybridized carbons (Fsp3) is 0.0769. The summed E-state index contributed by atoms with van der Waals surface area (Å²) < 4.78 is 13.8. The summed E-state index contributed by atoms with van der Waals surface area (Å²) in [4.78, 5) is 0. The summed E-state index contributed by atoms with van der Waals surface area (Å²) in [5.41, 5.74) is 1.72. The largest absolute Gasteiger partial charge is 0.206 e. The van der Waals surface area contributed by atoms with Gasteiger partial charge in [-0.25, -0.2) is 4.39 Å². The van der Waals surface area contributed by atoms with Crippen LogP contribution in [0.4, 0.5) is 4.39 Å². The second-order valence-corrected chi connectivity index (χ2v) is 4.74. The molecule has 16 heavy (non-hydrogen) atoms. The van der Waals surface area contributed by atoms with Gasteiger partial charge >= 0.3 is 0 Å². The molecule has 0 heterocycles. The summed E-state index contributed by atoms with van der Waals surface area (Å²) in [6.45, 7) is 0. The molecule has 0 radical (unpaired) electrons. The number of hydrogen-bond acceptors (Lipinski definition) is 0. The Morgan fingerprint density at radius 2 is 1.69 bits per heavy atom. The molecule has 0 amide bonds. The number of benzene rings is 2. The van der Waals surface area contributed by atoms with E-state index in [1.165, 1.54) is 6.07 Å². The zero-order valence-electron chi connectivity index (χ0n) is 8.33. The van der Waals surface area contributed by atoms with Crippen molar-refractivity contribution in [2.75, 3.05) is 0 Å².